The number of pyridine rings is 1. The summed E-state index contributed by atoms with van der Waals surface area (Å²) in [6, 6.07) is 5.43. The number of rotatable bonds is 4. The summed E-state index contributed by atoms with van der Waals surface area (Å²) >= 11 is 6.28. The summed E-state index contributed by atoms with van der Waals surface area (Å²) in [5.41, 5.74) is 0.974. The van der Waals surface area contributed by atoms with Gasteiger partial charge >= 0.3 is 5.97 Å². The van der Waals surface area contributed by atoms with E-state index in [4.69, 9.17) is 21.1 Å². The number of hydrogen-bond donors (Lipinski definition) is 0. The van der Waals surface area contributed by atoms with Gasteiger partial charge in [-0.2, -0.15) is 0 Å². The van der Waals surface area contributed by atoms with Crippen LogP contribution in [-0.2, 0) is 4.74 Å². The summed E-state index contributed by atoms with van der Waals surface area (Å²) in [6.45, 7) is 5.93. The molecule has 2 aromatic rings. The fourth-order valence-corrected chi connectivity index (χ4v) is 2.11. The van der Waals surface area contributed by atoms with Gasteiger partial charge in [-0.1, -0.05) is 11.6 Å². The van der Waals surface area contributed by atoms with Crippen LogP contribution in [0.25, 0.3) is 10.9 Å². The van der Waals surface area contributed by atoms with Crippen LogP contribution >= 0.6 is 11.6 Å². The van der Waals surface area contributed by atoms with E-state index in [-0.39, 0.29) is 11.7 Å². The fourth-order valence-electron chi connectivity index (χ4n) is 1.84. The Balaban J connectivity index is 2.49. The van der Waals surface area contributed by atoms with Gasteiger partial charge in [-0.3, -0.25) is 4.98 Å². The second-order valence-electron chi connectivity index (χ2n) is 4.55. The maximum atomic E-state index is 11.8. The Morgan fingerprint density at radius 2 is 2.15 bits per heavy atom. The number of halogens is 1. The van der Waals surface area contributed by atoms with Crippen molar-refractivity contribution in [2.45, 2.75) is 26.9 Å². The molecule has 0 fully saturated rings. The minimum atomic E-state index is -0.470. The van der Waals surface area contributed by atoms with Crippen molar-refractivity contribution in [3.8, 4) is 5.75 Å². The molecule has 5 heteroatoms. The Morgan fingerprint density at radius 3 is 2.80 bits per heavy atom. The predicted octanol–water partition coefficient (Wildman–Crippen LogP) is 3.85. The molecule has 1 aromatic carbocycles. The average molecular weight is 294 g/mol. The lowest BCUT2D eigenvalue weighted by Crippen LogP contribution is -2.07. The monoisotopic (exact) mass is 293 g/mol. The van der Waals surface area contributed by atoms with E-state index in [2.05, 4.69) is 4.98 Å². The van der Waals surface area contributed by atoms with Crippen LogP contribution in [0.5, 0.6) is 5.75 Å². The molecule has 20 heavy (non-hydrogen) atoms. The molecule has 0 saturated heterocycles. The van der Waals surface area contributed by atoms with Gasteiger partial charge in [0.15, 0.2) is 0 Å². The third-order valence-electron chi connectivity index (χ3n) is 2.64. The molecule has 0 atom stereocenters. The van der Waals surface area contributed by atoms with Gasteiger partial charge in [0.1, 0.15) is 5.75 Å². The van der Waals surface area contributed by atoms with Crippen molar-refractivity contribution in [1.29, 1.82) is 0 Å². The molecule has 0 aliphatic carbocycles. The van der Waals surface area contributed by atoms with Crippen LogP contribution in [0, 0.1) is 0 Å². The van der Waals surface area contributed by atoms with Crippen molar-refractivity contribution in [1.82, 2.24) is 4.98 Å². The van der Waals surface area contributed by atoms with Gasteiger partial charge in [0.25, 0.3) is 0 Å². The number of esters is 1. The molecule has 0 unspecified atom stereocenters. The van der Waals surface area contributed by atoms with E-state index in [0.717, 1.165) is 0 Å². The Bertz CT molecular complexity index is 640. The highest BCUT2D eigenvalue weighted by atomic mass is 35.5. The van der Waals surface area contributed by atoms with E-state index in [1.807, 2.05) is 26.0 Å². The van der Waals surface area contributed by atoms with Gasteiger partial charge < -0.3 is 9.47 Å². The zero-order valence-corrected chi connectivity index (χ0v) is 12.4. The van der Waals surface area contributed by atoms with Crippen molar-refractivity contribution in [2.24, 2.45) is 0 Å². The standard InChI is InChI=1S/C15H16ClNO3/c1-4-19-15(18)12-8-17-13-6-5-10(20-9(2)3)7-11(13)14(12)16/h5-9H,4H2,1-3H3. The summed E-state index contributed by atoms with van der Waals surface area (Å²) < 4.78 is 10.6. The van der Waals surface area contributed by atoms with E-state index < -0.39 is 5.97 Å². The minimum absolute atomic E-state index is 0.0624. The first-order chi connectivity index (χ1) is 9.52. The second kappa shape index (κ2) is 6.09. The molecule has 106 valence electrons. The van der Waals surface area contributed by atoms with Crippen molar-refractivity contribution < 1.29 is 14.3 Å². The van der Waals surface area contributed by atoms with Crippen molar-refractivity contribution in [2.75, 3.05) is 6.61 Å². The third kappa shape index (κ3) is 3.02. The van der Waals surface area contributed by atoms with Crippen LogP contribution in [0.15, 0.2) is 24.4 Å². The number of carbonyl (C=O) groups is 1. The normalized spacial score (nSPS) is 10.8. The Labute approximate surface area is 122 Å². The number of carbonyl (C=O) groups excluding carboxylic acids is 1. The van der Waals surface area contributed by atoms with Crippen LogP contribution in [0.4, 0.5) is 0 Å². The lowest BCUT2D eigenvalue weighted by atomic mass is 10.1. The molecular formula is C15H16ClNO3. The largest absolute Gasteiger partial charge is 0.491 e. The molecule has 0 aliphatic rings. The molecule has 0 saturated carbocycles. The van der Waals surface area contributed by atoms with Crippen molar-refractivity contribution in [3.05, 3.63) is 35.0 Å². The first kappa shape index (κ1) is 14.6. The lowest BCUT2D eigenvalue weighted by molar-refractivity contribution is 0.0526. The lowest BCUT2D eigenvalue weighted by Gasteiger charge is -2.11. The maximum absolute atomic E-state index is 11.8. The van der Waals surface area contributed by atoms with E-state index in [0.29, 0.717) is 28.3 Å². The van der Waals surface area contributed by atoms with E-state index in [1.165, 1.54) is 6.20 Å². The molecular weight excluding hydrogens is 278 g/mol. The summed E-state index contributed by atoms with van der Waals surface area (Å²) in [6.07, 6.45) is 1.50. The topological polar surface area (TPSA) is 48.4 Å². The maximum Gasteiger partial charge on any atom is 0.341 e. The van der Waals surface area contributed by atoms with Crippen molar-refractivity contribution in [3.63, 3.8) is 0 Å². The Hall–Kier alpha value is -1.81. The first-order valence-electron chi connectivity index (χ1n) is 6.45. The van der Waals surface area contributed by atoms with Gasteiger partial charge in [0.05, 0.1) is 28.8 Å². The Morgan fingerprint density at radius 1 is 1.40 bits per heavy atom. The molecule has 0 amide bonds. The molecule has 1 heterocycles. The van der Waals surface area contributed by atoms with Gasteiger partial charge in [-0.15, -0.1) is 0 Å². The van der Waals surface area contributed by atoms with Crippen LogP contribution in [0.1, 0.15) is 31.1 Å². The van der Waals surface area contributed by atoms with Crippen LogP contribution in [-0.4, -0.2) is 23.7 Å². The van der Waals surface area contributed by atoms with Crippen LogP contribution in [0.3, 0.4) is 0 Å². The number of aromatic nitrogens is 1. The number of hydrogen-bond acceptors (Lipinski definition) is 4. The van der Waals surface area contributed by atoms with Gasteiger partial charge in [-0.05, 0) is 39.0 Å². The summed E-state index contributed by atoms with van der Waals surface area (Å²) in [5, 5.41) is 1.01. The minimum Gasteiger partial charge on any atom is -0.491 e. The molecule has 1 aromatic heterocycles. The first-order valence-corrected chi connectivity index (χ1v) is 6.82. The number of fused-ring (bicyclic) bond motifs is 1. The zero-order valence-electron chi connectivity index (χ0n) is 11.6. The van der Waals surface area contributed by atoms with Crippen LogP contribution < -0.4 is 4.74 Å². The van der Waals surface area contributed by atoms with Gasteiger partial charge in [0.2, 0.25) is 0 Å². The van der Waals surface area contributed by atoms with E-state index in [1.54, 1.807) is 13.0 Å². The van der Waals surface area contributed by atoms with E-state index in [9.17, 15) is 4.79 Å². The summed E-state index contributed by atoms with van der Waals surface area (Å²) in [4.78, 5) is 16.0. The third-order valence-corrected chi connectivity index (χ3v) is 3.05. The number of ether oxygens (including phenoxy) is 2. The predicted molar refractivity (Wildman–Crippen MR) is 78.5 cm³/mol. The van der Waals surface area contributed by atoms with Crippen LogP contribution in [0.2, 0.25) is 5.02 Å². The fraction of sp³-hybridized carbons (Fsp3) is 0.333. The summed E-state index contributed by atoms with van der Waals surface area (Å²) in [5.74, 6) is 0.222. The molecule has 0 radical (unpaired) electrons. The molecule has 0 aliphatic heterocycles. The highest BCUT2D eigenvalue weighted by Gasteiger charge is 2.15. The van der Waals surface area contributed by atoms with Gasteiger partial charge in [0, 0.05) is 11.6 Å². The highest BCUT2D eigenvalue weighted by Crippen LogP contribution is 2.29. The second-order valence-corrected chi connectivity index (χ2v) is 4.93. The Kier molecular flexibility index (Phi) is 4.45. The quantitative estimate of drug-likeness (QED) is 0.803. The molecule has 0 bridgehead atoms. The van der Waals surface area contributed by atoms with Gasteiger partial charge in [-0.25, -0.2) is 4.79 Å². The molecule has 4 nitrogen and oxygen atoms in total. The average Bonchev–Trinajstić information content (AvgIpc) is 2.39. The number of nitrogens with zero attached hydrogens (tertiary/aromatic N) is 1. The molecule has 2 rings (SSSR count). The smallest absolute Gasteiger partial charge is 0.341 e. The summed E-state index contributed by atoms with van der Waals surface area (Å²) in [7, 11) is 0. The van der Waals surface area contributed by atoms with E-state index >= 15 is 0 Å². The van der Waals surface area contributed by atoms with Crippen molar-refractivity contribution >= 4 is 28.5 Å². The zero-order chi connectivity index (χ0) is 14.7. The SMILES string of the molecule is CCOC(=O)c1cnc2ccc(OC(C)C)cc2c1Cl. The number of benzene rings is 1. The molecule has 0 N–H and O–H groups in total. The molecule has 0 spiro atoms. The highest BCUT2D eigenvalue weighted by molar-refractivity contribution is 6.38.